The molecule has 1 fully saturated rings. The zero-order chi connectivity index (χ0) is 11.5. The van der Waals surface area contributed by atoms with E-state index in [1.165, 1.54) is 0 Å². The van der Waals surface area contributed by atoms with Crippen molar-refractivity contribution >= 4 is 11.6 Å². The number of hydrogen-bond acceptors (Lipinski definition) is 4. The SMILES string of the molecule is CC(=NN([O-])C(=O)C1CC1)c1ccncc1. The quantitative estimate of drug-likeness (QED) is 0.570. The minimum absolute atomic E-state index is 0.105. The van der Waals surface area contributed by atoms with Gasteiger partial charge in [0.05, 0.1) is 5.71 Å². The van der Waals surface area contributed by atoms with E-state index in [-0.39, 0.29) is 11.1 Å². The Hall–Kier alpha value is -1.75. The van der Waals surface area contributed by atoms with Crippen molar-refractivity contribution in [3.8, 4) is 0 Å². The fourth-order valence-electron chi connectivity index (χ4n) is 1.32. The summed E-state index contributed by atoms with van der Waals surface area (Å²) in [5.41, 5.74) is 1.31. The molecule has 1 heterocycles. The lowest BCUT2D eigenvalue weighted by molar-refractivity contribution is -0.129. The lowest BCUT2D eigenvalue weighted by atomic mass is 10.2. The molecule has 2 rings (SSSR count). The highest BCUT2D eigenvalue weighted by Gasteiger charge is 2.30. The first-order valence-electron chi connectivity index (χ1n) is 5.15. The first kappa shape index (κ1) is 10.8. The van der Waals surface area contributed by atoms with E-state index < -0.39 is 5.91 Å². The van der Waals surface area contributed by atoms with E-state index >= 15 is 0 Å². The van der Waals surface area contributed by atoms with Gasteiger partial charge in [-0.15, -0.1) is 0 Å². The number of nitrogens with zero attached hydrogens (tertiary/aromatic N) is 3. The smallest absolute Gasteiger partial charge is 0.235 e. The van der Waals surface area contributed by atoms with Crippen LogP contribution >= 0.6 is 0 Å². The average Bonchev–Trinajstić information content (AvgIpc) is 3.13. The van der Waals surface area contributed by atoms with Crippen LogP contribution in [-0.4, -0.2) is 21.8 Å². The third-order valence-electron chi connectivity index (χ3n) is 2.45. The summed E-state index contributed by atoms with van der Waals surface area (Å²) in [6.07, 6.45) is 4.85. The van der Waals surface area contributed by atoms with Gasteiger partial charge in [-0.1, -0.05) is 0 Å². The second kappa shape index (κ2) is 4.40. The van der Waals surface area contributed by atoms with Crippen molar-refractivity contribution in [2.45, 2.75) is 19.8 Å². The van der Waals surface area contributed by atoms with Crippen LogP contribution < -0.4 is 0 Å². The molecule has 1 saturated carbocycles. The van der Waals surface area contributed by atoms with E-state index in [1.807, 2.05) is 0 Å². The predicted octanol–water partition coefficient (Wildman–Crippen LogP) is 1.54. The van der Waals surface area contributed by atoms with Crippen molar-refractivity contribution < 1.29 is 4.79 Å². The Balaban J connectivity index is 2.08. The van der Waals surface area contributed by atoms with Crippen molar-refractivity contribution in [2.24, 2.45) is 11.0 Å². The van der Waals surface area contributed by atoms with Crippen molar-refractivity contribution in [2.75, 3.05) is 0 Å². The summed E-state index contributed by atoms with van der Waals surface area (Å²) in [7, 11) is 0. The summed E-state index contributed by atoms with van der Waals surface area (Å²) in [5.74, 6) is -0.542. The highest BCUT2D eigenvalue weighted by atomic mass is 16.5. The monoisotopic (exact) mass is 218 g/mol. The molecule has 0 radical (unpaired) electrons. The van der Waals surface area contributed by atoms with E-state index in [2.05, 4.69) is 10.1 Å². The molecule has 1 amide bonds. The minimum Gasteiger partial charge on any atom is -0.735 e. The molecule has 0 N–H and O–H groups in total. The van der Waals surface area contributed by atoms with Crippen molar-refractivity contribution in [1.82, 2.24) is 10.2 Å². The van der Waals surface area contributed by atoms with E-state index in [4.69, 9.17) is 0 Å². The Kier molecular flexibility index (Phi) is 2.96. The molecule has 1 aromatic rings. The summed E-state index contributed by atoms with van der Waals surface area (Å²) >= 11 is 0. The Bertz CT molecular complexity index is 412. The normalized spacial score (nSPS) is 16.0. The van der Waals surface area contributed by atoms with Gasteiger partial charge in [0.1, 0.15) is 0 Å². The van der Waals surface area contributed by atoms with Gasteiger partial charge in [-0.25, -0.2) is 0 Å². The number of amides is 1. The van der Waals surface area contributed by atoms with Crippen LogP contribution in [0.5, 0.6) is 0 Å². The number of hydrazone groups is 1. The van der Waals surface area contributed by atoms with Crippen LogP contribution in [0.2, 0.25) is 0 Å². The zero-order valence-corrected chi connectivity index (χ0v) is 8.96. The fourth-order valence-corrected chi connectivity index (χ4v) is 1.32. The lowest BCUT2D eigenvalue weighted by Crippen LogP contribution is -2.22. The number of pyridine rings is 1. The Labute approximate surface area is 93.4 Å². The molecule has 0 unspecified atom stereocenters. The highest BCUT2D eigenvalue weighted by Crippen LogP contribution is 2.30. The molecule has 1 aliphatic rings. The van der Waals surface area contributed by atoms with Crippen LogP contribution in [0.25, 0.3) is 0 Å². The number of hydrogen-bond donors (Lipinski definition) is 0. The van der Waals surface area contributed by atoms with Gasteiger partial charge in [-0.3, -0.25) is 9.78 Å². The number of hydroxylamine groups is 1. The maximum Gasteiger partial charge on any atom is 0.235 e. The van der Waals surface area contributed by atoms with Gasteiger partial charge < -0.3 is 10.4 Å². The van der Waals surface area contributed by atoms with E-state index in [0.29, 0.717) is 5.71 Å². The van der Waals surface area contributed by atoms with E-state index in [1.54, 1.807) is 31.5 Å². The Morgan fingerprint density at radius 1 is 1.50 bits per heavy atom. The van der Waals surface area contributed by atoms with Crippen LogP contribution in [0.4, 0.5) is 0 Å². The van der Waals surface area contributed by atoms with Crippen LogP contribution in [0.3, 0.4) is 0 Å². The molecule has 0 spiro atoms. The standard InChI is InChI=1S/C11H12N3O2/c1-8(9-4-6-12-7-5-9)13-14(16)11(15)10-2-3-10/h4-7,10H,2-3H2,1H3/q-1. The lowest BCUT2D eigenvalue weighted by Gasteiger charge is -2.22. The van der Waals surface area contributed by atoms with Crippen LogP contribution in [0.15, 0.2) is 29.6 Å². The summed E-state index contributed by atoms with van der Waals surface area (Å²) in [5, 5.41) is 15.3. The average molecular weight is 218 g/mol. The third kappa shape index (κ3) is 2.43. The molecule has 1 aromatic heterocycles. The molecule has 0 bridgehead atoms. The number of carbonyl (C=O) groups excluding carboxylic acids is 1. The van der Waals surface area contributed by atoms with Crippen LogP contribution in [0, 0.1) is 11.1 Å². The maximum absolute atomic E-state index is 11.4. The van der Waals surface area contributed by atoms with Gasteiger partial charge in [0.25, 0.3) is 0 Å². The number of rotatable bonds is 3. The molecule has 0 aliphatic heterocycles. The number of carbonyl (C=O) groups is 1. The summed E-state index contributed by atoms with van der Waals surface area (Å²) in [6, 6.07) is 3.49. The molecule has 0 atom stereocenters. The maximum atomic E-state index is 11.4. The second-order valence-corrected chi connectivity index (χ2v) is 3.81. The van der Waals surface area contributed by atoms with Gasteiger partial charge in [0.2, 0.25) is 5.91 Å². The first-order valence-corrected chi connectivity index (χ1v) is 5.15. The topological polar surface area (TPSA) is 68.6 Å². The van der Waals surface area contributed by atoms with Gasteiger partial charge in [0, 0.05) is 23.9 Å². The predicted molar refractivity (Wildman–Crippen MR) is 59.4 cm³/mol. The molecule has 84 valence electrons. The van der Waals surface area contributed by atoms with E-state index in [9.17, 15) is 10.0 Å². The van der Waals surface area contributed by atoms with Gasteiger partial charge in [-0.2, -0.15) is 5.10 Å². The highest BCUT2D eigenvalue weighted by molar-refractivity contribution is 5.99. The molecule has 1 aliphatic carbocycles. The number of aromatic nitrogens is 1. The van der Waals surface area contributed by atoms with Crippen LogP contribution in [-0.2, 0) is 4.79 Å². The molecule has 0 saturated heterocycles. The van der Waals surface area contributed by atoms with Gasteiger partial charge in [0.15, 0.2) is 0 Å². The second-order valence-electron chi connectivity index (χ2n) is 3.81. The van der Waals surface area contributed by atoms with Gasteiger partial charge in [-0.05, 0) is 31.9 Å². The van der Waals surface area contributed by atoms with Crippen molar-refractivity contribution in [3.05, 3.63) is 35.3 Å². The summed E-state index contributed by atoms with van der Waals surface area (Å²) in [6.45, 7) is 1.69. The largest absolute Gasteiger partial charge is 0.735 e. The molecule has 0 aromatic carbocycles. The molecular formula is C11H12N3O2-. The molecule has 16 heavy (non-hydrogen) atoms. The summed E-state index contributed by atoms with van der Waals surface area (Å²) in [4.78, 5) is 15.2. The molecule has 5 heteroatoms. The third-order valence-corrected chi connectivity index (χ3v) is 2.45. The zero-order valence-electron chi connectivity index (χ0n) is 8.96. The fraction of sp³-hybridized carbons (Fsp3) is 0.364. The van der Waals surface area contributed by atoms with E-state index in [0.717, 1.165) is 18.4 Å². The minimum atomic E-state index is -0.437. The van der Waals surface area contributed by atoms with Crippen molar-refractivity contribution in [1.29, 1.82) is 0 Å². The summed E-state index contributed by atoms with van der Waals surface area (Å²) < 4.78 is 0. The van der Waals surface area contributed by atoms with Gasteiger partial charge >= 0.3 is 0 Å². The first-order chi connectivity index (χ1) is 7.68. The molecular weight excluding hydrogens is 206 g/mol. The Morgan fingerprint density at radius 2 is 2.12 bits per heavy atom. The van der Waals surface area contributed by atoms with Crippen LogP contribution in [0.1, 0.15) is 25.3 Å². The molecule has 5 nitrogen and oxygen atoms in total. The Morgan fingerprint density at radius 3 is 2.69 bits per heavy atom. The van der Waals surface area contributed by atoms with Crippen molar-refractivity contribution in [3.63, 3.8) is 0 Å².